The summed E-state index contributed by atoms with van der Waals surface area (Å²) < 4.78 is 31.0. The summed E-state index contributed by atoms with van der Waals surface area (Å²) in [7, 11) is 0. The molecule has 36 heavy (non-hydrogen) atoms. The Morgan fingerprint density at radius 2 is 1.89 bits per heavy atom. The third kappa shape index (κ3) is 5.08. The molecule has 2 saturated carbocycles. The van der Waals surface area contributed by atoms with E-state index in [9.17, 15) is 13.6 Å². The smallest absolute Gasteiger partial charge is 0.224 e. The third-order valence-corrected chi connectivity index (χ3v) is 7.98. The molecule has 2 heterocycles. The van der Waals surface area contributed by atoms with Crippen LogP contribution < -0.4 is 16.4 Å². The number of nitrogens with zero attached hydrogens (tertiary/aromatic N) is 4. The highest BCUT2D eigenvalue weighted by Gasteiger charge is 2.32. The van der Waals surface area contributed by atoms with Crippen molar-refractivity contribution in [2.75, 3.05) is 10.6 Å². The van der Waals surface area contributed by atoms with Gasteiger partial charge in [0.2, 0.25) is 17.8 Å². The van der Waals surface area contributed by atoms with Crippen molar-refractivity contribution in [3.05, 3.63) is 29.4 Å². The van der Waals surface area contributed by atoms with Crippen molar-refractivity contribution in [2.24, 2.45) is 11.7 Å². The SMILES string of the molecule is CC1=CCCC(F)=C1Nc1nc2cnc(NC3CCC(C)(F)CC3)nc2n1C1CCC(C(N)=O)CC1. The largest absolute Gasteiger partial charge is 0.369 e. The second kappa shape index (κ2) is 9.78. The molecule has 0 unspecified atom stereocenters. The predicted octanol–water partition coefficient (Wildman–Crippen LogP) is 5.46. The zero-order valence-electron chi connectivity index (χ0n) is 21.0. The third-order valence-electron chi connectivity index (χ3n) is 7.98. The molecular formula is C26H35F2N7O. The van der Waals surface area contributed by atoms with Gasteiger partial charge >= 0.3 is 0 Å². The highest BCUT2D eigenvalue weighted by atomic mass is 19.1. The molecular weight excluding hydrogens is 464 g/mol. The summed E-state index contributed by atoms with van der Waals surface area (Å²) >= 11 is 0. The van der Waals surface area contributed by atoms with Crippen molar-refractivity contribution in [3.8, 4) is 0 Å². The highest BCUT2D eigenvalue weighted by Crippen LogP contribution is 2.38. The number of carbonyl (C=O) groups is 1. The molecule has 194 valence electrons. The number of nitrogens with one attached hydrogen (secondary N) is 2. The van der Waals surface area contributed by atoms with Gasteiger partial charge in [0.05, 0.1) is 11.9 Å². The van der Waals surface area contributed by atoms with E-state index < -0.39 is 5.67 Å². The number of hydrogen-bond donors (Lipinski definition) is 3. The molecule has 0 radical (unpaired) electrons. The first-order valence-electron chi connectivity index (χ1n) is 13.0. The van der Waals surface area contributed by atoms with Gasteiger partial charge in [-0.3, -0.25) is 9.36 Å². The molecule has 0 bridgehead atoms. The summed E-state index contributed by atoms with van der Waals surface area (Å²) in [6.07, 6.45) is 10.1. The number of amides is 1. The monoisotopic (exact) mass is 499 g/mol. The van der Waals surface area contributed by atoms with Crippen molar-refractivity contribution in [3.63, 3.8) is 0 Å². The zero-order valence-corrected chi connectivity index (χ0v) is 21.0. The fraction of sp³-hybridized carbons (Fsp3) is 0.615. The van der Waals surface area contributed by atoms with Crippen LogP contribution in [0.25, 0.3) is 11.2 Å². The number of halogens is 2. The van der Waals surface area contributed by atoms with E-state index in [0.717, 1.165) is 31.3 Å². The van der Waals surface area contributed by atoms with Crippen LogP contribution in [0.3, 0.4) is 0 Å². The average molecular weight is 500 g/mol. The Hall–Kier alpha value is -3.04. The summed E-state index contributed by atoms with van der Waals surface area (Å²) in [4.78, 5) is 25.7. The minimum atomic E-state index is -1.11. The summed E-state index contributed by atoms with van der Waals surface area (Å²) in [5, 5.41) is 6.62. The first-order chi connectivity index (χ1) is 17.2. The molecule has 2 aromatic heterocycles. The van der Waals surface area contributed by atoms with Crippen LogP contribution in [0.4, 0.5) is 20.7 Å². The number of anilines is 2. The van der Waals surface area contributed by atoms with E-state index in [4.69, 9.17) is 15.7 Å². The Labute approximate surface area is 209 Å². The molecule has 4 N–H and O–H groups in total. The van der Waals surface area contributed by atoms with Crippen LogP contribution in [0.2, 0.25) is 0 Å². The van der Waals surface area contributed by atoms with Crippen LogP contribution in [-0.2, 0) is 4.79 Å². The lowest BCUT2D eigenvalue weighted by atomic mass is 9.85. The molecule has 2 aromatic rings. The van der Waals surface area contributed by atoms with Crippen molar-refractivity contribution < 1.29 is 13.6 Å². The Kier molecular flexibility index (Phi) is 6.70. The van der Waals surface area contributed by atoms with Crippen LogP contribution in [0, 0.1) is 5.92 Å². The molecule has 1 amide bonds. The van der Waals surface area contributed by atoms with Gasteiger partial charge in [0.1, 0.15) is 17.0 Å². The molecule has 0 atom stereocenters. The van der Waals surface area contributed by atoms with E-state index in [-0.39, 0.29) is 29.7 Å². The van der Waals surface area contributed by atoms with Gasteiger partial charge < -0.3 is 16.4 Å². The fourth-order valence-corrected chi connectivity index (χ4v) is 5.69. The van der Waals surface area contributed by atoms with Crippen LogP contribution >= 0.6 is 0 Å². The van der Waals surface area contributed by atoms with E-state index >= 15 is 0 Å². The zero-order chi connectivity index (χ0) is 25.4. The topological polar surface area (TPSA) is 111 Å². The minimum absolute atomic E-state index is 0.0364. The lowest BCUT2D eigenvalue weighted by molar-refractivity contribution is -0.122. The number of primary amides is 1. The standard InChI is InChI=1S/C26H35F2N7O/c1-15-4-3-5-19(27)21(15)33-25-32-20-14-30-24(31-17-10-12-26(2,28)13-11-17)34-23(20)35(25)18-8-6-16(7-9-18)22(29)36/h4,14,16-18H,3,5-13H2,1-2H3,(H2,29,36)(H,32,33)(H,30,31,34). The van der Waals surface area contributed by atoms with E-state index in [1.165, 1.54) is 0 Å². The van der Waals surface area contributed by atoms with Gasteiger partial charge in [0, 0.05) is 24.4 Å². The van der Waals surface area contributed by atoms with E-state index in [1.54, 1.807) is 13.1 Å². The van der Waals surface area contributed by atoms with Crippen LogP contribution in [0.15, 0.2) is 29.4 Å². The minimum Gasteiger partial charge on any atom is -0.369 e. The first-order valence-corrected chi connectivity index (χ1v) is 13.0. The van der Waals surface area contributed by atoms with Gasteiger partial charge in [-0.05, 0) is 77.2 Å². The second-order valence-corrected chi connectivity index (χ2v) is 10.8. The molecule has 0 saturated heterocycles. The normalized spacial score (nSPS) is 29.2. The molecule has 8 nitrogen and oxygen atoms in total. The summed E-state index contributed by atoms with van der Waals surface area (Å²) in [6.45, 7) is 3.55. The number of hydrogen-bond acceptors (Lipinski definition) is 6. The van der Waals surface area contributed by atoms with Crippen LogP contribution in [0.1, 0.15) is 84.1 Å². The Balaban J connectivity index is 1.47. The second-order valence-electron chi connectivity index (χ2n) is 10.8. The molecule has 3 aliphatic rings. The molecule has 0 aliphatic heterocycles. The maximum atomic E-state index is 14.8. The number of rotatable bonds is 6. The fourth-order valence-electron chi connectivity index (χ4n) is 5.69. The maximum Gasteiger partial charge on any atom is 0.224 e. The van der Waals surface area contributed by atoms with Gasteiger partial charge in [0.15, 0.2) is 5.65 Å². The number of alkyl halides is 1. The molecule has 5 rings (SSSR count). The average Bonchev–Trinajstić information content (AvgIpc) is 3.20. The lowest BCUT2D eigenvalue weighted by Gasteiger charge is -2.31. The molecule has 2 fully saturated rings. The summed E-state index contributed by atoms with van der Waals surface area (Å²) in [5.41, 5.74) is 7.01. The number of aromatic nitrogens is 4. The van der Waals surface area contributed by atoms with Gasteiger partial charge in [0.25, 0.3) is 0 Å². The van der Waals surface area contributed by atoms with Crippen molar-refractivity contribution in [1.82, 2.24) is 19.5 Å². The van der Waals surface area contributed by atoms with Crippen LogP contribution in [-0.4, -0.2) is 37.1 Å². The van der Waals surface area contributed by atoms with Gasteiger partial charge in [-0.1, -0.05) is 6.08 Å². The van der Waals surface area contributed by atoms with Gasteiger partial charge in [-0.2, -0.15) is 4.98 Å². The maximum absolute atomic E-state index is 14.8. The Morgan fingerprint density at radius 3 is 2.56 bits per heavy atom. The number of carbonyl (C=O) groups excluding carboxylic acids is 1. The number of nitrogens with two attached hydrogens (primary N) is 1. The highest BCUT2D eigenvalue weighted by molar-refractivity contribution is 5.77. The van der Waals surface area contributed by atoms with Crippen molar-refractivity contribution in [2.45, 2.75) is 95.8 Å². The number of fused-ring (bicyclic) bond motifs is 1. The summed E-state index contributed by atoms with van der Waals surface area (Å²) in [6, 6.07) is 0.148. The number of allylic oxidation sites excluding steroid dienone is 3. The molecule has 3 aliphatic carbocycles. The van der Waals surface area contributed by atoms with E-state index in [1.807, 2.05) is 17.6 Å². The van der Waals surface area contributed by atoms with E-state index in [2.05, 4.69) is 15.6 Å². The quantitative estimate of drug-likeness (QED) is 0.487. The first kappa shape index (κ1) is 24.6. The molecule has 10 heteroatoms. The van der Waals surface area contributed by atoms with E-state index in [0.29, 0.717) is 67.3 Å². The predicted molar refractivity (Wildman–Crippen MR) is 136 cm³/mol. The summed E-state index contributed by atoms with van der Waals surface area (Å²) in [5.74, 6) is 0.424. The number of imidazole rings is 1. The van der Waals surface area contributed by atoms with Gasteiger partial charge in [-0.15, -0.1) is 0 Å². The Bertz CT molecular complexity index is 1200. The van der Waals surface area contributed by atoms with Gasteiger partial charge in [-0.25, -0.2) is 18.7 Å². The van der Waals surface area contributed by atoms with Crippen molar-refractivity contribution in [1.29, 1.82) is 0 Å². The lowest BCUT2D eigenvalue weighted by Crippen LogP contribution is -2.33. The van der Waals surface area contributed by atoms with Crippen LogP contribution in [0.5, 0.6) is 0 Å². The molecule has 0 aromatic carbocycles. The Morgan fingerprint density at radius 1 is 1.17 bits per heavy atom. The molecule has 0 spiro atoms. The van der Waals surface area contributed by atoms with Crippen molar-refractivity contribution >= 4 is 29.0 Å².